The molecule has 1 atom stereocenters. The van der Waals surface area contributed by atoms with Gasteiger partial charge in [-0.1, -0.05) is 23.7 Å². The number of hydrogen-bond donors (Lipinski definition) is 1. The Balaban J connectivity index is 2.15. The van der Waals surface area contributed by atoms with Crippen LogP contribution < -0.4 is 10.2 Å². The molecule has 1 aromatic carbocycles. The Morgan fingerprint density at radius 2 is 2.26 bits per heavy atom. The second-order valence-electron chi connectivity index (χ2n) is 4.49. The van der Waals surface area contributed by atoms with E-state index in [1.54, 1.807) is 11.3 Å². The van der Waals surface area contributed by atoms with Crippen molar-refractivity contribution in [2.45, 2.75) is 19.5 Å². The van der Waals surface area contributed by atoms with Crippen molar-refractivity contribution >= 4 is 28.1 Å². The standard InChI is InChI=1S/C14H18ClN3S/c1-10(11-5-4-6-12(15)7-11)18(3)14-17-13(8-16-2)9-19-14/h4-7,9-10,16H,8H2,1-3H3. The van der Waals surface area contributed by atoms with Crippen molar-refractivity contribution in [2.24, 2.45) is 0 Å². The number of anilines is 1. The quantitative estimate of drug-likeness (QED) is 0.911. The first-order valence-electron chi connectivity index (χ1n) is 6.19. The summed E-state index contributed by atoms with van der Waals surface area (Å²) in [5, 5.41) is 7.00. The van der Waals surface area contributed by atoms with Gasteiger partial charge in [-0.3, -0.25) is 0 Å². The third-order valence-electron chi connectivity index (χ3n) is 3.11. The van der Waals surface area contributed by atoms with Crippen LogP contribution in [0.25, 0.3) is 0 Å². The SMILES string of the molecule is CNCc1csc(N(C)C(C)c2cccc(Cl)c2)n1. The molecule has 102 valence electrons. The van der Waals surface area contributed by atoms with E-state index in [4.69, 9.17) is 11.6 Å². The summed E-state index contributed by atoms with van der Waals surface area (Å²) < 4.78 is 0. The zero-order chi connectivity index (χ0) is 13.8. The number of nitrogens with one attached hydrogen (secondary N) is 1. The molecule has 1 aromatic heterocycles. The Labute approximate surface area is 123 Å². The maximum Gasteiger partial charge on any atom is 0.185 e. The fourth-order valence-electron chi connectivity index (χ4n) is 1.88. The van der Waals surface area contributed by atoms with Crippen LogP contribution in [0.3, 0.4) is 0 Å². The van der Waals surface area contributed by atoms with E-state index in [1.165, 1.54) is 5.56 Å². The molecule has 0 fully saturated rings. The molecule has 0 amide bonds. The average molecular weight is 296 g/mol. The molecule has 0 saturated carbocycles. The van der Waals surface area contributed by atoms with Crippen molar-refractivity contribution < 1.29 is 0 Å². The smallest absolute Gasteiger partial charge is 0.185 e. The fourth-order valence-corrected chi connectivity index (χ4v) is 2.95. The molecule has 0 spiro atoms. The largest absolute Gasteiger partial charge is 0.344 e. The van der Waals surface area contributed by atoms with Crippen molar-refractivity contribution in [1.82, 2.24) is 10.3 Å². The van der Waals surface area contributed by atoms with E-state index in [1.807, 2.05) is 25.2 Å². The maximum absolute atomic E-state index is 6.05. The van der Waals surface area contributed by atoms with Gasteiger partial charge in [-0.05, 0) is 31.7 Å². The number of thiazole rings is 1. The van der Waals surface area contributed by atoms with Crippen LogP contribution >= 0.6 is 22.9 Å². The molecule has 0 aliphatic heterocycles. The van der Waals surface area contributed by atoms with Gasteiger partial charge in [0.1, 0.15) is 0 Å². The van der Waals surface area contributed by atoms with E-state index in [-0.39, 0.29) is 6.04 Å². The Hall–Kier alpha value is -1.10. The molecule has 0 aliphatic rings. The summed E-state index contributed by atoms with van der Waals surface area (Å²) in [5.41, 5.74) is 2.27. The topological polar surface area (TPSA) is 28.2 Å². The lowest BCUT2D eigenvalue weighted by Crippen LogP contribution is -2.21. The highest BCUT2D eigenvalue weighted by Gasteiger charge is 2.15. The number of nitrogens with zero attached hydrogens (tertiary/aromatic N) is 2. The molecule has 0 bridgehead atoms. The molecule has 1 N–H and O–H groups in total. The number of halogens is 1. The lowest BCUT2D eigenvalue weighted by atomic mass is 10.1. The summed E-state index contributed by atoms with van der Waals surface area (Å²) in [7, 11) is 3.99. The molecule has 0 radical (unpaired) electrons. The van der Waals surface area contributed by atoms with Crippen LogP contribution in [0.4, 0.5) is 5.13 Å². The Morgan fingerprint density at radius 1 is 1.47 bits per heavy atom. The summed E-state index contributed by atoms with van der Waals surface area (Å²) in [6.07, 6.45) is 0. The molecule has 2 rings (SSSR count). The van der Waals surface area contributed by atoms with Gasteiger partial charge in [0.25, 0.3) is 0 Å². The van der Waals surface area contributed by atoms with Crippen molar-refractivity contribution in [3.8, 4) is 0 Å². The van der Waals surface area contributed by atoms with Crippen LogP contribution in [0.2, 0.25) is 5.02 Å². The fraction of sp³-hybridized carbons (Fsp3) is 0.357. The summed E-state index contributed by atoms with van der Waals surface area (Å²) in [6, 6.07) is 8.22. The normalized spacial score (nSPS) is 12.4. The lowest BCUT2D eigenvalue weighted by Gasteiger charge is -2.24. The van der Waals surface area contributed by atoms with Crippen molar-refractivity contribution in [2.75, 3.05) is 19.0 Å². The van der Waals surface area contributed by atoms with Crippen molar-refractivity contribution in [3.05, 3.63) is 45.9 Å². The van der Waals surface area contributed by atoms with Gasteiger partial charge in [-0.25, -0.2) is 4.98 Å². The predicted octanol–water partition coefficient (Wildman–Crippen LogP) is 3.71. The number of benzene rings is 1. The first-order valence-corrected chi connectivity index (χ1v) is 7.45. The predicted molar refractivity (Wildman–Crippen MR) is 83.1 cm³/mol. The third-order valence-corrected chi connectivity index (χ3v) is 4.33. The monoisotopic (exact) mass is 295 g/mol. The van der Waals surface area contributed by atoms with Gasteiger partial charge >= 0.3 is 0 Å². The molecule has 19 heavy (non-hydrogen) atoms. The van der Waals surface area contributed by atoms with Gasteiger partial charge in [0.05, 0.1) is 11.7 Å². The molecule has 0 aliphatic carbocycles. The second kappa shape index (κ2) is 6.37. The van der Waals surface area contributed by atoms with Crippen LogP contribution in [0.15, 0.2) is 29.6 Å². The van der Waals surface area contributed by atoms with E-state index in [2.05, 4.69) is 40.6 Å². The average Bonchev–Trinajstić information content (AvgIpc) is 2.86. The van der Waals surface area contributed by atoms with E-state index in [0.29, 0.717) is 0 Å². The van der Waals surface area contributed by atoms with Crippen molar-refractivity contribution in [3.63, 3.8) is 0 Å². The lowest BCUT2D eigenvalue weighted by molar-refractivity contribution is 0.730. The second-order valence-corrected chi connectivity index (χ2v) is 5.77. The summed E-state index contributed by atoms with van der Waals surface area (Å²) in [6.45, 7) is 2.96. The van der Waals surface area contributed by atoms with E-state index >= 15 is 0 Å². The zero-order valence-corrected chi connectivity index (χ0v) is 12.9. The molecule has 3 nitrogen and oxygen atoms in total. The van der Waals surface area contributed by atoms with Gasteiger partial charge in [-0.15, -0.1) is 11.3 Å². The zero-order valence-electron chi connectivity index (χ0n) is 11.4. The molecule has 1 heterocycles. The Morgan fingerprint density at radius 3 is 2.95 bits per heavy atom. The van der Waals surface area contributed by atoms with E-state index in [0.717, 1.165) is 22.4 Å². The van der Waals surface area contributed by atoms with E-state index in [9.17, 15) is 0 Å². The first-order chi connectivity index (χ1) is 9.11. The van der Waals surface area contributed by atoms with Gasteiger partial charge in [0.2, 0.25) is 0 Å². The highest BCUT2D eigenvalue weighted by atomic mass is 35.5. The van der Waals surface area contributed by atoms with Crippen LogP contribution in [-0.4, -0.2) is 19.1 Å². The summed E-state index contributed by atoms with van der Waals surface area (Å²) >= 11 is 7.71. The minimum absolute atomic E-state index is 0.243. The number of aromatic nitrogens is 1. The van der Waals surface area contributed by atoms with Crippen LogP contribution in [-0.2, 0) is 6.54 Å². The number of rotatable bonds is 5. The van der Waals surface area contributed by atoms with Gasteiger partial charge < -0.3 is 10.2 Å². The minimum atomic E-state index is 0.243. The molecule has 2 aromatic rings. The minimum Gasteiger partial charge on any atom is -0.344 e. The Kier molecular flexibility index (Phi) is 4.80. The maximum atomic E-state index is 6.05. The molecular weight excluding hydrogens is 278 g/mol. The highest BCUT2D eigenvalue weighted by molar-refractivity contribution is 7.13. The summed E-state index contributed by atoms with van der Waals surface area (Å²) in [5.74, 6) is 0. The number of hydrogen-bond acceptors (Lipinski definition) is 4. The van der Waals surface area contributed by atoms with Gasteiger partial charge in [0.15, 0.2) is 5.13 Å². The molecule has 0 saturated heterocycles. The Bertz CT molecular complexity index is 541. The summed E-state index contributed by atoms with van der Waals surface area (Å²) in [4.78, 5) is 6.79. The highest BCUT2D eigenvalue weighted by Crippen LogP contribution is 2.29. The van der Waals surface area contributed by atoms with Crippen LogP contribution in [0.5, 0.6) is 0 Å². The molecule has 1 unspecified atom stereocenters. The van der Waals surface area contributed by atoms with Crippen LogP contribution in [0.1, 0.15) is 24.2 Å². The third kappa shape index (κ3) is 3.47. The van der Waals surface area contributed by atoms with Gasteiger partial charge in [-0.2, -0.15) is 0 Å². The van der Waals surface area contributed by atoms with Crippen molar-refractivity contribution in [1.29, 1.82) is 0 Å². The van der Waals surface area contributed by atoms with E-state index < -0.39 is 0 Å². The van der Waals surface area contributed by atoms with Gasteiger partial charge in [0, 0.05) is 24.0 Å². The first kappa shape index (κ1) is 14.3. The van der Waals surface area contributed by atoms with Crippen LogP contribution in [0, 0.1) is 0 Å². The molecule has 5 heteroatoms. The molecular formula is C14H18ClN3S.